The first-order chi connectivity index (χ1) is 6.22. The molecule has 0 aliphatic carbocycles. The summed E-state index contributed by atoms with van der Waals surface area (Å²) in [7, 11) is 1.83. The Morgan fingerprint density at radius 1 is 1.54 bits per heavy atom. The third-order valence-corrected chi connectivity index (χ3v) is 2.96. The van der Waals surface area contributed by atoms with Crippen molar-refractivity contribution in [2.45, 2.75) is 11.9 Å². The van der Waals surface area contributed by atoms with E-state index in [1.165, 1.54) is 0 Å². The molecule has 3 heteroatoms. The molecule has 1 aromatic carbocycles. The lowest BCUT2D eigenvalue weighted by Gasteiger charge is -2.04. The summed E-state index contributed by atoms with van der Waals surface area (Å²) in [5.41, 5.74) is 3.15. The van der Waals surface area contributed by atoms with Crippen LogP contribution in [0.15, 0.2) is 18.2 Å². The molecule has 2 rings (SSSR count). The Labute approximate surface area is 85.7 Å². The average molecular weight is 240 g/mol. The molecule has 0 atom stereocenters. The number of carbonyl (C=O) groups is 1. The molecule has 0 spiro atoms. The molecule has 0 unspecified atom stereocenters. The number of benzene rings is 1. The fourth-order valence-electron chi connectivity index (χ4n) is 1.58. The van der Waals surface area contributed by atoms with Gasteiger partial charge in [0, 0.05) is 24.5 Å². The Morgan fingerprint density at radius 3 is 3.00 bits per heavy atom. The maximum atomic E-state index is 11.6. The number of alkyl halides is 1. The van der Waals surface area contributed by atoms with E-state index in [0.29, 0.717) is 0 Å². The highest BCUT2D eigenvalue weighted by atomic mass is 79.9. The molecule has 13 heavy (non-hydrogen) atoms. The Bertz CT molecular complexity index is 362. The van der Waals surface area contributed by atoms with Gasteiger partial charge in [0.15, 0.2) is 0 Å². The van der Waals surface area contributed by atoms with Crippen molar-refractivity contribution in [3.63, 3.8) is 0 Å². The van der Waals surface area contributed by atoms with Crippen LogP contribution < -0.4 is 0 Å². The summed E-state index contributed by atoms with van der Waals surface area (Å²) in [5.74, 6) is 0.137. The summed E-state index contributed by atoms with van der Waals surface area (Å²) in [6.45, 7) is 0.747. The van der Waals surface area contributed by atoms with Gasteiger partial charge < -0.3 is 4.90 Å². The highest BCUT2D eigenvalue weighted by Gasteiger charge is 2.23. The fourth-order valence-corrected chi connectivity index (χ4v) is 1.93. The molecular formula is C10H10BrNO. The predicted molar refractivity (Wildman–Crippen MR) is 54.9 cm³/mol. The van der Waals surface area contributed by atoms with Crippen LogP contribution in [0.4, 0.5) is 0 Å². The van der Waals surface area contributed by atoms with Gasteiger partial charge in [0.2, 0.25) is 0 Å². The topological polar surface area (TPSA) is 20.3 Å². The Morgan fingerprint density at radius 2 is 2.31 bits per heavy atom. The summed E-state index contributed by atoms with van der Waals surface area (Å²) in [5, 5.41) is 0.803. The molecule has 0 fully saturated rings. The zero-order valence-electron chi connectivity index (χ0n) is 7.38. The van der Waals surface area contributed by atoms with Gasteiger partial charge in [-0.15, -0.1) is 0 Å². The van der Waals surface area contributed by atoms with Crippen LogP contribution in [0.25, 0.3) is 0 Å². The van der Waals surface area contributed by atoms with Crippen molar-refractivity contribution in [1.82, 2.24) is 4.90 Å². The first kappa shape index (κ1) is 8.75. The molecule has 1 aliphatic heterocycles. The lowest BCUT2D eigenvalue weighted by atomic mass is 10.1. The lowest BCUT2D eigenvalue weighted by molar-refractivity contribution is 0.0816. The molecule has 1 amide bonds. The van der Waals surface area contributed by atoms with E-state index in [2.05, 4.69) is 22.0 Å². The number of hydrogen-bond donors (Lipinski definition) is 0. The molecule has 0 saturated carbocycles. The highest BCUT2D eigenvalue weighted by Crippen LogP contribution is 2.23. The van der Waals surface area contributed by atoms with Gasteiger partial charge in [0.25, 0.3) is 5.91 Å². The van der Waals surface area contributed by atoms with Gasteiger partial charge in [-0.3, -0.25) is 4.79 Å². The number of amides is 1. The zero-order chi connectivity index (χ0) is 9.42. The van der Waals surface area contributed by atoms with Crippen molar-refractivity contribution in [1.29, 1.82) is 0 Å². The summed E-state index contributed by atoms with van der Waals surface area (Å²) < 4.78 is 0. The second-order valence-electron chi connectivity index (χ2n) is 3.29. The second kappa shape index (κ2) is 3.14. The Kier molecular flexibility index (Phi) is 2.12. The van der Waals surface area contributed by atoms with Gasteiger partial charge in [0.05, 0.1) is 0 Å². The molecule has 0 radical (unpaired) electrons. The van der Waals surface area contributed by atoms with Crippen LogP contribution >= 0.6 is 15.9 Å². The van der Waals surface area contributed by atoms with Gasteiger partial charge in [0.1, 0.15) is 0 Å². The number of carbonyl (C=O) groups excluding carboxylic acids is 1. The van der Waals surface area contributed by atoms with E-state index < -0.39 is 0 Å². The van der Waals surface area contributed by atoms with Gasteiger partial charge >= 0.3 is 0 Å². The first-order valence-corrected chi connectivity index (χ1v) is 5.28. The molecule has 68 valence electrons. The predicted octanol–water partition coefficient (Wildman–Crippen LogP) is 2.17. The van der Waals surface area contributed by atoms with E-state index in [0.717, 1.165) is 28.6 Å². The van der Waals surface area contributed by atoms with Gasteiger partial charge in [-0.25, -0.2) is 0 Å². The zero-order valence-corrected chi connectivity index (χ0v) is 8.97. The number of fused-ring (bicyclic) bond motifs is 1. The van der Waals surface area contributed by atoms with E-state index in [-0.39, 0.29) is 5.91 Å². The van der Waals surface area contributed by atoms with Gasteiger partial charge in [-0.1, -0.05) is 28.1 Å². The largest absolute Gasteiger partial charge is 0.337 e. The minimum atomic E-state index is 0.137. The van der Waals surface area contributed by atoms with Crippen LogP contribution in [0.3, 0.4) is 0 Å². The lowest BCUT2D eigenvalue weighted by Crippen LogP contribution is -2.17. The molecule has 1 heterocycles. The van der Waals surface area contributed by atoms with Gasteiger partial charge in [-0.2, -0.15) is 0 Å². The van der Waals surface area contributed by atoms with Crippen LogP contribution in [0, 0.1) is 0 Å². The van der Waals surface area contributed by atoms with Crippen molar-refractivity contribution in [2.24, 2.45) is 0 Å². The van der Waals surface area contributed by atoms with Crippen molar-refractivity contribution in [3.05, 3.63) is 34.9 Å². The third kappa shape index (κ3) is 1.37. The van der Waals surface area contributed by atoms with Crippen molar-refractivity contribution < 1.29 is 4.79 Å². The minimum Gasteiger partial charge on any atom is -0.337 e. The van der Waals surface area contributed by atoms with Gasteiger partial charge in [-0.05, 0) is 17.2 Å². The number of rotatable bonds is 1. The normalized spacial score (nSPS) is 14.9. The van der Waals surface area contributed by atoms with E-state index in [1.807, 2.05) is 19.2 Å². The number of halogens is 1. The molecule has 0 aromatic heterocycles. The quantitative estimate of drug-likeness (QED) is 0.689. The molecule has 0 N–H and O–H groups in total. The van der Waals surface area contributed by atoms with Crippen molar-refractivity contribution >= 4 is 21.8 Å². The van der Waals surface area contributed by atoms with Crippen molar-refractivity contribution in [3.8, 4) is 0 Å². The summed E-state index contributed by atoms with van der Waals surface area (Å²) in [6, 6.07) is 6.06. The molecule has 0 bridgehead atoms. The summed E-state index contributed by atoms with van der Waals surface area (Å²) in [6.07, 6.45) is 0. The van der Waals surface area contributed by atoms with Crippen LogP contribution in [0.1, 0.15) is 21.5 Å². The van der Waals surface area contributed by atoms with Crippen LogP contribution in [-0.4, -0.2) is 17.9 Å². The monoisotopic (exact) mass is 239 g/mol. The number of nitrogens with zero attached hydrogens (tertiary/aromatic N) is 1. The second-order valence-corrected chi connectivity index (χ2v) is 3.85. The standard InChI is InChI=1S/C10H10BrNO/c1-12-6-8-3-2-7(5-11)4-9(8)10(12)13/h2-4H,5-6H2,1H3. The molecular weight excluding hydrogens is 230 g/mol. The van der Waals surface area contributed by atoms with E-state index >= 15 is 0 Å². The SMILES string of the molecule is CN1Cc2ccc(CBr)cc2C1=O. The minimum absolute atomic E-state index is 0.137. The van der Waals surface area contributed by atoms with E-state index in [1.54, 1.807) is 4.90 Å². The first-order valence-electron chi connectivity index (χ1n) is 4.15. The van der Waals surface area contributed by atoms with Crippen LogP contribution in [0.5, 0.6) is 0 Å². The molecule has 1 aromatic rings. The van der Waals surface area contributed by atoms with E-state index in [9.17, 15) is 4.79 Å². The summed E-state index contributed by atoms with van der Waals surface area (Å²) in [4.78, 5) is 13.3. The Balaban J connectivity index is 2.48. The highest BCUT2D eigenvalue weighted by molar-refractivity contribution is 9.08. The molecule has 2 nitrogen and oxygen atoms in total. The average Bonchev–Trinajstić information content (AvgIpc) is 2.43. The smallest absolute Gasteiger partial charge is 0.254 e. The fraction of sp³-hybridized carbons (Fsp3) is 0.300. The van der Waals surface area contributed by atoms with Crippen molar-refractivity contribution in [2.75, 3.05) is 7.05 Å². The van der Waals surface area contributed by atoms with Crippen LogP contribution in [-0.2, 0) is 11.9 Å². The summed E-state index contributed by atoms with van der Waals surface area (Å²) >= 11 is 3.38. The molecule has 0 saturated heterocycles. The maximum Gasteiger partial charge on any atom is 0.254 e. The van der Waals surface area contributed by atoms with E-state index in [4.69, 9.17) is 0 Å². The number of hydrogen-bond acceptors (Lipinski definition) is 1. The Hall–Kier alpha value is -0.830. The third-order valence-electron chi connectivity index (χ3n) is 2.31. The molecule has 1 aliphatic rings. The van der Waals surface area contributed by atoms with Crippen LogP contribution in [0.2, 0.25) is 0 Å². The maximum absolute atomic E-state index is 11.6.